The van der Waals surface area contributed by atoms with E-state index in [0.717, 1.165) is 18.2 Å². The molecule has 2 rings (SSSR count). The number of halogens is 6. The molecule has 0 aromatic heterocycles. The number of rotatable bonds is 5. The minimum Gasteiger partial charge on any atom is -0.322 e. The highest BCUT2D eigenvalue weighted by atomic mass is 32.2. The lowest BCUT2D eigenvalue weighted by atomic mass is 10.1. The van der Waals surface area contributed by atoms with Crippen LogP contribution in [-0.2, 0) is 22.4 Å². The van der Waals surface area contributed by atoms with E-state index in [0.29, 0.717) is 12.1 Å². The Morgan fingerprint density at radius 1 is 0.967 bits per heavy atom. The largest absolute Gasteiger partial charge is 0.416 e. The van der Waals surface area contributed by atoms with E-state index in [1.54, 1.807) is 0 Å². The maximum atomic E-state index is 12.9. The highest BCUT2D eigenvalue weighted by Gasteiger charge is 2.37. The van der Waals surface area contributed by atoms with Crippen molar-refractivity contribution in [2.45, 2.75) is 17.2 Å². The Kier molecular flexibility index (Phi) is 6.48. The Labute approximate surface area is 167 Å². The summed E-state index contributed by atoms with van der Waals surface area (Å²) in [6.07, 6.45) is -5.21. The summed E-state index contributed by atoms with van der Waals surface area (Å²) in [5.74, 6) is 0.931. The van der Waals surface area contributed by atoms with Gasteiger partial charge in [-0.25, -0.2) is 8.42 Å². The Balaban J connectivity index is 2.39. The number of benzene rings is 2. The maximum absolute atomic E-state index is 12.9. The second kappa shape index (κ2) is 8.37. The minimum atomic E-state index is -5.09. The molecule has 1 amide bonds. The molecule has 12 heteroatoms. The first kappa shape index (κ1) is 23.2. The molecular weight excluding hydrogens is 438 g/mol. The van der Waals surface area contributed by atoms with Crippen molar-refractivity contribution >= 4 is 21.6 Å². The van der Waals surface area contributed by atoms with Gasteiger partial charge in [0.1, 0.15) is 0 Å². The Morgan fingerprint density at radius 2 is 1.53 bits per heavy atom. The van der Waals surface area contributed by atoms with Crippen LogP contribution in [0.25, 0.3) is 0 Å². The van der Waals surface area contributed by atoms with E-state index in [4.69, 9.17) is 6.42 Å². The van der Waals surface area contributed by atoms with Crippen LogP contribution in [-0.4, -0.2) is 20.9 Å². The number of amides is 1. The van der Waals surface area contributed by atoms with Crippen molar-refractivity contribution in [2.24, 2.45) is 0 Å². The van der Waals surface area contributed by atoms with Gasteiger partial charge in [0.25, 0.3) is 5.91 Å². The molecule has 5 nitrogen and oxygen atoms in total. The second-order valence-electron chi connectivity index (χ2n) is 5.81. The van der Waals surface area contributed by atoms with E-state index in [2.05, 4.69) is 0 Å². The molecule has 0 radical (unpaired) electrons. The topological polar surface area (TPSA) is 75.3 Å². The van der Waals surface area contributed by atoms with Crippen molar-refractivity contribution in [1.29, 1.82) is 0 Å². The number of hydrogen-bond acceptors (Lipinski definition) is 3. The number of nitrogens with one attached hydrogen (secondary N) is 2. The molecule has 30 heavy (non-hydrogen) atoms. The zero-order valence-electron chi connectivity index (χ0n) is 14.7. The number of sulfonamides is 1. The average Bonchev–Trinajstić information content (AvgIpc) is 2.65. The second-order valence-corrected chi connectivity index (χ2v) is 7.57. The van der Waals surface area contributed by atoms with Crippen LogP contribution in [0.5, 0.6) is 0 Å². The van der Waals surface area contributed by atoms with Gasteiger partial charge in [0, 0.05) is 11.3 Å². The van der Waals surface area contributed by atoms with E-state index >= 15 is 0 Å². The third kappa shape index (κ3) is 5.74. The highest BCUT2D eigenvalue weighted by molar-refractivity contribution is 7.89. The molecule has 0 fully saturated rings. The van der Waals surface area contributed by atoms with Gasteiger partial charge in [0.05, 0.1) is 22.6 Å². The van der Waals surface area contributed by atoms with Crippen LogP contribution >= 0.6 is 0 Å². The lowest BCUT2D eigenvalue weighted by Gasteiger charge is -2.15. The quantitative estimate of drug-likeness (QED) is 0.536. The van der Waals surface area contributed by atoms with Gasteiger partial charge in [-0.2, -0.15) is 31.1 Å². The molecule has 2 aromatic rings. The number of hydrogen-bond donors (Lipinski definition) is 2. The summed E-state index contributed by atoms with van der Waals surface area (Å²) < 4.78 is 104. The van der Waals surface area contributed by atoms with Crippen molar-refractivity contribution in [1.82, 2.24) is 4.72 Å². The van der Waals surface area contributed by atoms with Crippen molar-refractivity contribution in [3.63, 3.8) is 0 Å². The Bertz CT molecular complexity index is 1070. The number of anilines is 1. The van der Waals surface area contributed by atoms with Crippen LogP contribution in [0.2, 0.25) is 0 Å². The first-order chi connectivity index (χ1) is 13.7. The number of terminal acetylenes is 1. The van der Waals surface area contributed by atoms with Crippen molar-refractivity contribution < 1.29 is 39.6 Å². The molecule has 0 aliphatic heterocycles. The van der Waals surface area contributed by atoms with Crippen LogP contribution in [0.3, 0.4) is 0 Å². The van der Waals surface area contributed by atoms with Gasteiger partial charge >= 0.3 is 12.4 Å². The summed E-state index contributed by atoms with van der Waals surface area (Å²) in [6.45, 7) is -0.330. The molecule has 0 spiro atoms. The Hall–Kier alpha value is -3.04. The highest BCUT2D eigenvalue weighted by Crippen LogP contribution is 2.37. The predicted octanol–water partition coefficient (Wildman–Crippen LogP) is 3.89. The number of carbonyl (C=O) groups excluding carboxylic acids is 1. The average molecular weight is 450 g/mol. The van der Waals surface area contributed by atoms with E-state index in [9.17, 15) is 39.6 Å². The van der Waals surface area contributed by atoms with E-state index < -0.39 is 45.1 Å². The van der Waals surface area contributed by atoms with E-state index in [1.165, 1.54) is 6.07 Å². The molecule has 0 unspecified atom stereocenters. The van der Waals surface area contributed by atoms with Gasteiger partial charge in [-0.05, 0) is 36.4 Å². The first-order valence-electron chi connectivity index (χ1n) is 7.88. The molecular formula is C18H12F6N2O3S. The van der Waals surface area contributed by atoms with Crippen LogP contribution < -0.4 is 10.0 Å². The van der Waals surface area contributed by atoms with Crippen molar-refractivity contribution in [3.8, 4) is 12.3 Å². The molecule has 0 saturated heterocycles. The molecule has 0 bridgehead atoms. The minimum absolute atomic E-state index is 0.0833. The molecule has 0 aliphatic carbocycles. The zero-order chi connectivity index (χ0) is 22.7. The molecule has 0 atom stereocenters. The summed E-state index contributed by atoms with van der Waals surface area (Å²) in [5, 5.41) is 1.92. The van der Waals surface area contributed by atoms with E-state index in [1.807, 2.05) is 16.0 Å². The number of alkyl halides is 6. The standard InChI is InChI=1S/C18H12F6N2O3S/c1-2-6-25-30(28,29)15-5-3-4-11(7-15)16(27)26-14-9-12(17(19,20)21)8-13(10-14)18(22,23)24/h1,3-5,7-10,25H,6H2,(H,26,27). The fraction of sp³-hybridized carbons (Fsp3) is 0.167. The molecule has 2 N–H and O–H groups in total. The third-order valence-corrected chi connectivity index (χ3v) is 5.02. The summed E-state index contributed by atoms with van der Waals surface area (Å²) in [4.78, 5) is 11.9. The number of carbonyl (C=O) groups is 1. The summed E-state index contributed by atoms with van der Waals surface area (Å²) in [6, 6.07) is 4.92. The summed E-state index contributed by atoms with van der Waals surface area (Å²) in [7, 11) is -4.07. The van der Waals surface area contributed by atoms with Gasteiger partial charge in [0.2, 0.25) is 10.0 Å². The van der Waals surface area contributed by atoms with Gasteiger partial charge in [-0.15, -0.1) is 6.42 Å². The van der Waals surface area contributed by atoms with Crippen molar-refractivity contribution in [3.05, 3.63) is 59.2 Å². The molecule has 0 saturated carbocycles. The van der Waals surface area contributed by atoms with E-state index in [-0.39, 0.29) is 23.1 Å². The molecule has 2 aromatic carbocycles. The fourth-order valence-corrected chi connectivity index (χ4v) is 3.23. The SMILES string of the molecule is C#CCNS(=O)(=O)c1cccc(C(=O)Nc2cc(C(F)(F)F)cc(C(F)(F)F)c2)c1. The van der Waals surface area contributed by atoms with Gasteiger partial charge in [-0.1, -0.05) is 12.0 Å². The van der Waals surface area contributed by atoms with Gasteiger partial charge in [0.15, 0.2) is 0 Å². The predicted molar refractivity (Wildman–Crippen MR) is 94.9 cm³/mol. The molecule has 0 heterocycles. The first-order valence-corrected chi connectivity index (χ1v) is 9.36. The van der Waals surface area contributed by atoms with Gasteiger partial charge in [-0.3, -0.25) is 4.79 Å². The van der Waals surface area contributed by atoms with Crippen LogP contribution in [0.15, 0.2) is 47.4 Å². The lowest BCUT2D eigenvalue weighted by molar-refractivity contribution is -0.143. The lowest BCUT2D eigenvalue weighted by Crippen LogP contribution is -2.24. The fourth-order valence-electron chi connectivity index (χ4n) is 2.25. The van der Waals surface area contributed by atoms with Crippen LogP contribution in [0.1, 0.15) is 21.5 Å². The molecule has 160 valence electrons. The normalized spacial score (nSPS) is 12.3. The van der Waals surface area contributed by atoms with Crippen LogP contribution in [0, 0.1) is 12.3 Å². The Morgan fingerprint density at radius 3 is 2.03 bits per heavy atom. The van der Waals surface area contributed by atoms with Crippen LogP contribution in [0.4, 0.5) is 32.0 Å². The summed E-state index contributed by atoms with van der Waals surface area (Å²) in [5.41, 5.74) is -4.30. The smallest absolute Gasteiger partial charge is 0.322 e. The van der Waals surface area contributed by atoms with Gasteiger partial charge < -0.3 is 5.32 Å². The molecule has 0 aliphatic rings. The summed E-state index contributed by atoms with van der Waals surface area (Å²) >= 11 is 0. The zero-order valence-corrected chi connectivity index (χ0v) is 15.5. The maximum Gasteiger partial charge on any atom is 0.416 e. The van der Waals surface area contributed by atoms with Crippen molar-refractivity contribution in [2.75, 3.05) is 11.9 Å². The monoisotopic (exact) mass is 450 g/mol. The third-order valence-electron chi connectivity index (χ3n) is 3.62.